The van der Waals surface area contributed by atoms with Crippen LogP contribution in [0.4, 0.5) is 5.82 Å². The third kappa shape index (κ3) is 5.81. The summed E-state index contributed by atoms with van der Waals surface area (Å²) in [4.78, 5) is 17.4. The van der Waals surface area contributed by atoms with Gasteiger partial charge < -0.3 is 14.5 Å². The first-order valence-electron chi connectivity index (χ1n) is 14.6. The Morgan fingerprint density at radius 3 is 2.63 bits per heavy atom. The third-order valence-corrected chi connectivity index (χ3v) is 8.95. The first-order valence-corrected chi connectivity index (χ1v) is 15.5. The second kappa shape index (κ2) is 12.6. The van der Waals surface area contributed by atoms with E-state index in [0.717, 1.165) is 81.6 Å². The molecule has 41 heavy (non-hydrogen) atoms. The fourth-order valence-corrected chi connectivity index (χ4v) is 6.72. The van der Waals surface area contributed by atoms with E-state index < -0.39 is 0 Å². The highest BCUT2D eigenvalue weighted by atomic mass is 32.1. The van der Waals surface area contributed by atoms with Gasteiger partial charge in [-0.2, -0.15) is 5.10 Å². The van der Waals surface area contributed by atoms with Crippen LogP contribution in [0.3, 0.4) is 0 Å². The van der Waals surface area contributed by atoms with Gasteiger partial charge in [-0.1, -0.05) is 43.3 Å². The van der Waals surface area contributed by atoms with Gasteiger partial charge in [0.15, 0.2) is 5.82 Å². The summed E-state index contributed by atoms with van der Waals surface area (Å²) in [5, 5.41) is 6.09. The first-order chi connectivity index (χ1) is 19.9. The molecule has 1 fully saturated rings. The smallest absolute Gasteiger partial charge is 0.179 e. The molecule has 7 nitrogen and oxygen atoms in total. The first kappa shape index (κ1) is 29.0. The zero-order valence-electron chi connectivity index (χ0n) is 25.4. The molecular weight excluding hydrogens is 528 g/mol. The summed E-state index contributed by atoms with van der Waals surface area (Å²) in [6.07, 6.45) is 9.42. The van der Waals surface area contributed by atoms with Crippen molar-refractivity contribution in [1.82, 2.24) is 24.6 Å². The van der Waals surface area contributed by atoms with Gasteiger partial charge in [-0.25, -0.2) is 9.97 Å². The zero-order valence-corrected chi connectivity index (χ0v) is 26.2. The molecule has 0 spiro atoms. The second-order valence-corrected chi connectivity index (χ2v) is 12.0. The van der Waals surface area contributed by atoms with Crippen molar-refractivity contribution in [3.05, 3.63) is 66.3 Å². The lowest BCUT2D eigenvalue weighted by molar-refractivity contribution is 0.0892. The Balaban J connectivity index is 1.84. The van der Waals surface area contributed by atoms with Gasteiger partial charge in [0.2, 0.25) is 0 Å². The molecular formula is C33H42N6OS. The average Bonchev–Trinajstić information content (AvgIpc) is 3.63. The Labute approximate surface area is 248 Å². The van der Waals surface area contributed by atoms with Crippen molar-refractivity contribution in [1.29, 1.82) is 0 Å². The molecule has 1 unspecified atom stereocenters. The van der Waals surface area contributed by atoms with Crippen molar-refractivity contribution in [3.8, 4) is 21.7 Å². The molecule has 8 heteroatoms. The molecule has 1 aromatic carbocycles. The molecule has 0 radical (unpaired) electrons. The number of allylic oxidation sites excluding steroid dienone is 2. The molecule has 0 N–H and O–H groups in total. The summed E-state index contributed by atoms with van der Waals surface area (Å²) >= 11 is 1.71. The predicted molar refractivity (Wildman–Crippen MR) is 172 cm³/mol. The number of thiophene rings is 1. The molecule has 3 aromatic heterocycles. The SMILES string of the molecule is C/C=C\N(C)/C(=C(\C)CC)c1nc(N2CCCC(OC)C2)c2c(-c3ccccc3)c(-c3ccn(C(C)C)n3)sc2n1. The number of anilines is 1. The summed E-state index contributed by atoms with van der Waals surface area (Å²) in [6, 6.07) is 13.0. The molecule has 4 aromatic rings. The fourth-order valence-electron chi connectivity index (χ4n) is 5.56. The van der Waals surface area contributed by atoms with Crippen LogP contribution in [0.15, 0.2) is 60.4 Å². The minimum Gasteiger partial charge on any atom is -0.380 e. The number of hydrogen-bond acceptors (Lipinski definition) is 7. The number of aromatic nitrogens is 4. The molecule has 0 bridgehead atoms. The molecule has 0 amide bonds. The van der Waals surface area contributed by atoms with Crippen LogP contribution in [0.25, 0.3) is 37.6 Å². The number of rotatable bonds is 9. The van der Waals surface area contributed by atoms with E-state index in [1.807, 2.05) is 18.7 Å². The number of nitrogens with zero attached hydrogens (tertiary/aromatic N) is 6. The summed E-state index contributed by atoms with van der Waals surface area (Å²) in [5.74, 6) is 1.73. The van der Waals surface area contributed by atoms with Crippen LogP contribution in [0, 0.1) is 0 Å². The molecule has 1 saturated heterocycles. The van der Waals surface area contributed by atoms with Crippen LogP contribution >= 0.6 is 11.3 Å². The normalized spacial score (nSPS) is 16.7. The topological polar surface area (TPSA) is 59.3 Å². The standard InChI is InChI=1S/C33H42N6OS/c1-8-18-37(6)29(23(5)9-2)31-34-32(38-19-13-16-25(21-38)40-7)28-27(24-14-11-10-12-15-24)30(41-33(28)35-31)26-17-20-39(36-26)22(3)4/h8,10-12,14-15,17-18,20,22,25H,9,13,16,19,21H2,1-7H3/b18-8-,29-23+. The molecule has 0 aliphatic carbocycles. The van der Waals surface area contributed by atoms with E-state index in [1.165, 1.54) is 5.57 Å². The number of benzene rings is 1. The third-order valence-electron chi connectivity index (χ3n) is 7.85. The second-order valence-electron chi connectivity index (χ2n) is 11.0. The van der Waals surface area contributed by atoms with Gasteiger partial charge in [0, 0.05) is 45.0 Å². The van der Waals surface area contributed by atoms with Crippen molar-refractivity contribution in [2.45, 2.75) is 66.0 Å². The van der Waals surface area contributed by atoms with E-state index in [0.29, 0.717) is 0 Å². The molecule has 1 atom stereocenters. The summed E-state index contributed by atoms with van der Waals surface area (Å²) in [7, 11) is 3.90. The van der Waals surface area contributed by atoms with E-state index >= 15 is 0 Å². The van der Waals surface area contributed by atoms with Crippen molar-refractivity contribution >= 4 is 33.1 Å². The molecule has 1 aliphatic heterocycles. The Bertz CT molecular complexity index is 1550. The Morgan fingerprint density at radius 2 is 1.98 bits per heavy atom. The van der Waals surface area contributed by atoms with E-state index in [1.54, 1.807) is 11.3 Å². The minimum atomic E-state index is 0.176. The van der Waals surface area contributed by atoms with Crippen molar-refractivity contribution in [3.63, 3.8) is 0 Å². The van der Waals surface area contributed by atoms with Crippen LogP contribution in [0.2, 0.25) is 0 Å². The van der Waals surface area contributed by atoms with Gasteiger partial charge in [-0.3, -0.25) is 4.68 Å². The maximum Gasteiger partial charge on any atom is 0.179 e. The average molecular weight is 571 g/mol. The lowest BCUT2D eigenvalue weighted by Gasteiger charge is -2.33. The Kier molecular flexibility index (Phi) is 8.90. The molecule has 216 valence electrons. The number of piperidine rings is 1. The fraction of sp³-hybridized carbons (Fsp3) is 0.424. The maximum absolute atomic E-state index is 5.85. The highest BCUT2D eigenvalue weighted by Crippen LogP contribution is 2.47. The summed E-state index contributed by atoms with van der Waals surface area (Å²) in [6.45, 7) is 12.5. The number of ether oxygens (including phenoxy) is 1. The van der Waals surface area contributed by atoms with E-state index in [9.17, 15) is 0 Å². The number of fused-ring (bicyclic) bond motifs is 1. The summed E-state index contributed by atoms with van der Waals surface area (Å²) in [5.41, 5.74) is 5.57. The number of hydrogen-bond donors (Lipinski definition) is 0. The van der Waals surface area contributed by atoms with Gasteiger partial charge in [0.25, 0.3) is 0 Å². The van der Waals surface area contributed by atoms with Crippen molar-refractivity contribution in [2.24, 2.45) is 0 Å². The highest BCUT2D eigenvalue weighted by Gasteiger charge is 2.29. The van der Waals surface area contributed by atoms with Gasteiger partial charge in [0.05, 0.1) is 22.1 Å². The van der Waals surface area contributed by atoms with Crippen LogP contribution in [-0.4, -0.2) is 58.0 Å². The van der Waals surface area contributed by atoms with Crippen LogP contribution < -0.4 is 4.90 Å². The van der Waals surface area contributed by atoms with Gasteiger partial charge in [0.1, 0.15) is 16.3 Å². The molecule has 5 rings (SSSR count). The molecule has 4 heterocycles. The van der Waals surface area contributed by atoms with Crippen LogP contribution in [0.1, 0.15) is 65.7 Å². The minimum absolute atomic E-state index is 0.176. The lowest BCUT2D eigenvalue weighted by atomic mass is 10.0. The predicted octanol–water partition coefficient (Wildman–Crippen LogP) is 8.02. The quantitative estimate of drug-likeness (QED) is 0.203. The van der Waals surface area contributed by atoms with E-state index in [2.05, 4.69) is 99.4 Å². The van der Waals surface area contributed by atoms with Gasteiger partial charge >= 0.3 is 0 Å². The monoisotopic (exact) mass is 570 g/mol. The largest absolute Gasteiger partial charge is 0.380 e. The van der Waals surface area contributed by atoms with E-state index in [-0.39, 0.29) is 12.1 Å². The van der Waals surface area contributed by atoms with Crippen molar-refractivity contribution < 1.29 is 4.74 Å². The number of methoxy groups -OCH3 is 1. The van der Waals surface area contributed by atoms with Crippen LogP contribution in [0.5, 0.6) is 0 Å². The maximum atomic E-state index is 5.85. The lowest BCUT2D eigenvalue weighted by Crippen LogP contribution is -2.40. The van der Waals surface area contributed by atoms with Crippen molar-refractivity contribution in [2.75, 3.05) is 32.1 Å². The molecule has 1 aliphatic rings. The Morgan fingerprint density at radius 1 is 1.20 bits per heavy atom. The Hall–Kier alpha value is -3.49. The summed E-state index contributed by atoms with van der Waals surface area (Å²) < 4.78 is 7.88. The highest BCUT2D eigenvalue weighted by molar-refractivity contribution is 7.22. The van der Waals surface area contributed by atoms with E-state index in [4.69, 9.17) is 19.8 Å². The zero-order chi connectivity index (χ0) is 29.1. The van der Waals surface area contributed by atoms with Gasteiger partial charge in [-0.05, 0) is 70.4 Å². The van der Waals surface area contributed by atoms with Gasteiger partial charge in [-0.15, -0.1) is 11.3 Å². The van der Waals surface area contributed by atoms with Crippen LogP contribution in [-0.2, 0) is 4.74 Å². The molecule has 0 saturated carbocycles.